The number of allylic oxidation sites excluding steroid dienone is 1. The summed E-state index contributed by atoms with van der Waals surface area (Å²) in [5, 5.41) is 10.2. The second kappa shape index (κ2) is 8.13. The Morgan fingerprint density at radius 3 is 2.28 bits per heavy atom. The number of hydrogen-bond donors (Lipinski definition) is 1. The molecule has 0 bridgehead atoms. The predicted octanol–water partition coefficient (Wildman–Crippen LogP) is 4.05. The molecule has 0 fully saturated rings. The third-order valence-electron chi connectivity index (χ3n) is 6.44. The van der Waals surface area contributed by atoms with Gasteiger partial charge in [0.15, 0.2) is 5.78 Å². The van der Waals surface area contributed by atoms with Gasteiger partial charge in [0.1, 0.15) is 0 Å². The van der Waals surface area contributed by atoms with E-state index in [1.165, 1.54) is 0 Å². The van der Waals surface area contributed by atoms with Gasteiger partial charge in [-0.15, -0.1) is 0 Å². The summed E-state index contributed by atoms with van der Waals surface area (Å²) in [6.45, 7) is 8.89. The van der Waals surface area contributed by atoms with Gasteiger partial charge in [0.25, 0.3) is 0 Å². The minimum absolute atomic E-state index is 0.0560. The van der Waals surface area contributed by atoms with Crippen LogP contribution in [0.5, 0.6) is 0 Å². The van der Waals surface area contributed by atoms with Crippen LogP contribution < -0.4 is 0 Å². The first kappa shape index (κ1) is 21.3. The maximum absolute atomic E-state index is 13.5. The van der Waals surface area contributed by atoms with Gasteiger partial charge in [-0.3, -0.25) is 14.4 Å². The molecule has 0 aromatic heterocycles. The molecule has 5 nitrogen and oxygen atoms in total. The zero-order valence-electron chi connectivity index (χ0n) is 17.8. The highest BCUT2D eigenvalue weighted by atomic mass is 16.4. The lowest BCUT2D eigenvalue weighted by atomic mass is 9.59. The van der Waals surface area contributed by atoms with Crippen LogP contribution in [-0.2, 0) is 14.4 Å². The molecule has 1 amide bonds. The van der Waals surface area contributed by atoms with Gasteiger partial charge in [-0.05, 0) is 37.7 Å². The molecule has 156 valence electrons. The Kier molecular flexibility index (Phi) is 5.97. The number of carboxylic acid groups (broad SMARTS) is 1. The molecule has 0 heterocycles. The van der Waals surface area contributed by atoms with Crippen molar-refractivity contribution < 1.29 is 19.5 Å². The second-order valence-electron chi connectivity index (χ2n) is 9.03. The number of carbonyl (C=O) groups is 3. The van der Waals surface area contributed by atoms with Gasteiger partial charge in [0.2, 0.25) is 5.91 Å². The number of hydrogen-bond acceptors (Lipinski definition) is 3. The van der Waals surface area contributed by atoms with Crippen LogP contribution in [0.15, 0.2) is 41.5 Å². The van der Waals surface area contributed by atoms with Crippen LogP contribution >= 0.6 is 0 Å². The van der Waals surface area contributed by atoms with Crippen LogP contribution in [0, 0.1) is 17.3 Å². The van der Waals surface area contributed by atoms with E-state index >= 15 is 0 Å². The average molecular weight is 398 g/mol. The zero-order chi connectivity index (χ0) is 21.3. The van der Waals surface area contributed by atoms with E-state index in [0.717, 1.165) is 17.6 Å². The van der Waals surface area contributed by atoms with Crippen molar-refractivity contribution in [3.63, 3.8) is 0 Å². The van der Waals surface area contributed by atoms with Crippen molar-refractivity contribution in [2.45, 2.75) is 52.9 Å². The molecule has 3 atom stereocenters. The van der Waals surface area contributed by atoms with E-state index in [1.807, 2.05) is 44.2 Å². The predicted molar refractivity (Wildman–Crippen MR) is 111 cm³/mol. The van der Waals surface area contributed by atoms with Crippen molar-refractivity contribution in [1.82, 2.24) is 4.90 Å². The number of aliphatic carboxylic acids is 1. The first-order chi connectivity index (χ1) is 13.7. The third-order valence-corrected chi connectivity index (χ3v) is 6.44. The van der Waals surface area contributed by atoms with Gasteiger partial charge in [0, 0.05) is 31.0 Å². The van der Waals surface area contributed by atoms with Crippen LogP contribution in [0.4, 0.5) is 0 Å². The molecule has 0 radical (unpaired) electrons. The van der Waals surface area contributed by atoms with Crippen LogP contribution in [0.1, 0.15) is 58.4 Å². The molecule has 3 rings (SSSR count). The fourth-order valence-electron chi connectivity index (χ4n) is 5.19. The molecule has 1 N–H and O–H groups in total. The molecule has 1 aromatic carbocycles. The van der Waals surface area contributed by atoms with Gasteiger partial charge in [-0.1, -0.05) is 49.8 Å². The van der Waals surface area contributed by atoms with Gasteiger partial charge in [0.05, 0.1) is 11.8 Å². The summed E-state index contributed by atoms with van der Waals surface area (Å²) in [7, 11) is 0. The molecule has 0 saturated heterocycles. The Balaban J connectivity index is 2.19. The lowest BCUT2D eigenvalue weighted by molar-refractivity contribution is -0.151. The van der Waals surface area contributed by atoms with Crippen molar-refractivity contribution in [3.05, 3.63) is 47.0 Å². The van der Waals surface area contributed by atoms with Gasteiger partial charge < -0.3 is 10.0 Å². The highest BCUT2D eigenvalue weighted by Crippen LogP contribution is 2.51. The monoisotopic (exact) mass is 397 g/mol. The summed E-state index contributed by atoms with van der Waals surface area (Å²) in [6.07, 6.45) is 1.61. The van der Waals surface area contributed by atoms with Crippen LogP contribution in [0.25, 0.3) is 0 Å². The smallest absolute Gasteiger partial charge is 0.308 e. The SMILES string of the molecule is CCN(CC)C(=O)[C@@H]1C2=C(C[C@H](c3ccccc3)[C@H]1C(=O)O)CC(C)(C)CC2=O. The van der Waals surface area contributed by atoms with Gasteiger partial charge >= 0.3 is 5.97 Å². The highest BCUT2D eigenvalue weighted by molar-refractivity contribution is 6.05. The summed E-state index contributed by atoms with van der Waals surface area (Å²) in [4.78, 5) is 40.8. The van der Waals surface area contributed by atoms with Crippen molar-refractivity contribution in [1.29, 1.82) is 0 Å². The van der Waals surface area contributed by atoms with Crippen LogP contribution in [0.2, 0.25) is 0 Å². The van der Waals surface area contributed by atoms with E-state index < -0.39 is 17.8 Å². The standard InChI is InChI=1S/C24H31NO4/c1-5-25(6-2)22(27)21-19-16(13-24(3,4)14-18(19)26)12-17(20(21)23(28)29)15-10-8-7-9-11-15/h7-11,17,20-21H,5-6,12-14H2,1-4H3,(H,28,29)/t17-,20-,21-/m1/s1. The Morgan fingerprint density at radius 1 is 1.10 bits per heavy atom. The van der Waals surface area contributed by atoms with Crippen molar-refractivity contribution in [2.75, 3.05) is 13.1 Å². The molecular formula is C24H31NO4. The van der Waals surface area contributed by atoms with E-state index in [4.69, 9.17) is 0 Å². The summed E-state index contributed by atoms with van der Waals surface area (Å²) in [6, 6.07) is 9.56. The lowest BCUT2D eigenvalue weighted by Gasteiger charge is -2.44. The molecule has 0 saturated carbocycles. The molecule has 0 aliphatic heterocycles. The second-order valence-corrected chi connectivity index (χ2v) is 9.03. The normalized spacial score (nSPS) is 26.1. The zero-order valence-corrected chi connectivity index (χ0v) is 17.8. The fraction of sp³-hybridized carbons (Fsp3) is 0.542. The maximum atomic E-state index is 13.5. The molecule has 0 unspecified atom stereocenters. The van der Waals surface area contributed by atoms with E-state index in [2.05, 4.69) is 13.8 Å². The number of amides is 1. The quantitative estimate of drug-likeness (QED) is 0.813. The molecule has 5 heteroatoms. The van der Waals surface area contributed by atoms with Gasteiger partial charge in [-0.25, -0.2) is 0 Å². The average Bonchev–Trinajstić information content (AvgIpc) is 2.66. The number of rotatable bonds is 5. The maximum Gasteiger partial charge on any atom is 0.308 e. The van der Waals surface area contributed by atoms with E-state index in [-0.39, 0.29) is 23.0 Å². The summed E-state index contributed by atoms with van der Waals surface area (Å²) >= 11 is 0. The number of nitrogens with zero attached hydrogens (tertiary/aromatic N) is 1. The number of ketones is 1. The Labute approximate surface area is 172 Å². The fourth-order valence-corrected chi connectivity index (χ4v) is 5.19. The number of Topliss-reactive ketones (excluding diaryl/α,β-unsaturated/α-hetero) is 1. The van der Waals surface area contributed by atoms with Crippen LogP contribution in [0.3, 0.4) is 0 Å². The molecule has 29 heavy (non-hydrogen) atoms. The number of carboxylic acids is 1. The molecular weight excluding hydrogens is 366 g/mol. The van der Waals surface area contributed by atoms with E-state index in [9.17, 15) is 19.5 Å². The van der Waals surface area contributed by atoms with Crippen LogP contribution in [-0.4, -0.2) is 40.8 Å². The topological polar surface area (TPSA) is 74.7 Å². The summed E-state index contributed by atoms with van der Waals surface area (Å²) in [5.74, 6) is -3.46. The highest BCUT2D eigenvalue weighted by Gasteiger charge is 2.51. The summed E-state index contributed by atoms with van der Waals surface area (Å²) < 4.78 is 0. The Hall–Kier alpha value is -2.43. The van der Waals surface area contributed by atoms with Crippen molar-refractivity contribution in [2.24, 2.45) is 17.3 Å². The van der Waals surface area contributed by atoms with Crippen molar-refractivity contribution in [3.8, 4) is 0 Å². The molecule has 2 aliphatic carbocycles. The Bertz CT molecular complexity index is 836. The molecule has 1 aromatic rings. The molecule has 2 aliphatic rings. The number of carbonyl (C=O) groups excluding carboxylic acids is 2. The first-order valence-corrected chi connectivity index (χ1v) is 10.5. The van der Waals surface area contributed by atoms with Gasteiger partial charge in [-0.2, -0.15) is 0 Å². The third kappa shape index (κ3) is 4.00. The Morgan fingerprint density at radius 2 is 1.72 bits per heavy atom. The molecule has 0 spiro atoms. The minimum atomic E-state index is -1.01. The first-order valence-electron chi connectivity index (χ1n) is 10.5. The largest absolute Gasteiger partial charge is 0.481 e. The van der Waals surface area contributed by atoms with E-state index in [0.29, 0.717) is 31.5 Å². The lowest BCUT2D eigenvalue weighted by Crippen LogP contribution is -2.48. The van der Waals surface area contributed by atoms with Crippen molar-refractivity contribution >= 4 is 17.7 Å². The number of benzene rings is 1. The minimum Gasteiger partial charge on any atom is -0.481 e. The van der Waals surface area contributed by atoms with E-state index in [1.54, 1.807) is 4.90 Å². The summed E-state index contributed by atoms with van der Waals surface area (Å²) in [5.41, 5.74) is 2.21.